The van der Waals surface area contributed by atoms with Gasteiger partial charge >= 0.3 is 6.18 Å². The standard InChI is InChI=1S/C12H25F3N2/c1-6-16-10(11(3,4)5)8-17(7-2)9-12(13,14)15/h10,16H,6-9H2,1-5H3. The first-order valence-corrected chi connectivity index (χ1v) is 6.12. The predicted molar refractivity (Wildman–Crippen MR) is 65.1 cm³/mol. The van der Waals surface area contributed by atoms with E-state index in [4.69, 9.17) is 0 Å². The molecule has 0 rings (SSSR count). The molecule has 0 aliphatic rings. The Balaban J connectivity index is 4.50. The van der Waals surface area contributed by atoms with Crippen LogP contribution in [0.25, 0.3) is 0 Å². The molecule has 5 heteroatoms. The van der Waals surface area contributed by atoms with Gasteiger partial charge in [0.1, 0.15) is 0 Å². The average molecular weight is 254 g/mol. The molecule has 0 fully saturated rings. The van der Waals surface area contributed by atoms with Gasteiger partial charge in [-0.15, -0.1) is 0 Å². The summed E-state index contributed by atoms with van der Waals surface area (Å²) in [6.07, 6.45) is -4.12. The topological polar surface area (TPSA) is 15.3 Å². The number of hydrogen-bond acceptors (Lipinski definition) is 2. The van der Waals surface area contributed by atoms with Crippen molar-refractivity contribution in [2.75, 3.05) is 26.2 Å². The Morgan fingerprint density at radius 2 is 1.65 bits per heavy atom. The van der Waals surface area contributed by atoms with E-state index in [1.54, 1.807) is 6.92 Å². The summed E-state index contributed by atoms with van der Waals surface area (Å²) < 4.78 is 37.1. The van der Waals surface area contributed by atoms with Crippen molar-refractivity contribution in [1.29, 1.82) is 0 Å². The van der Waals surface area contributed by atoms with Gasteiger partial charge in [-0.05, 0) is 18.5 Å². The van der Waals surface area contributed by atoms with Gasteiger partial charge in [-0.25, -0.2) is 0 Å². The number of nitrogens with zero attached hydrogens (tertiary/aromatic N) is 1. The Labute approximate surface area is 103 Å². The normalized spacial score (nSPS) is 15.4. The van der Waals surface area contributed by atoms with E-state index >= 15 is 0 Å². The van der Waals surface area contributed by atoms with Crippen LogP contribution in [-0.2, 0) is 0 Å². The van der Waals surface area contributed by atoms with Gasteiger partial charge in [0.15, 0.2) is 0 Å². The number of alkyl halides is 3. The maximum Gasteiger partial charge on any atom is 0.401 e. The zero-order valence-corrected chi connectivity index (χ0v) is 11.5. The fourth-order valence-corrected chi connectivity index (χ4v) is 1.71. The summed E-state index contributed by atoms with van der Waals surface area (Å²) >= 11 is 0. The van der Waals surface area contributed by atoms with Crippen LogP contribution in [0.3, 0.4) is 0 Å². The Morgan fingerprint density at radius 1 is 1.12 bits per heavy atom. The molecule has 0 radical (unpaired) electrons. The van der Waals surface area contributed by atoms with Crippen LogP contribution in [0.15, 0.2) is 0 Å². The van der Waals surface area contributed by atoms with E-state index < -0.39 is 12.7 Å². The molecular weight excluding hydrogens is 229 g/mol. The Kier molecular flexibility index (Phi) is 6.48. The molecule has 1 atom stereocenters. The minimum absolute atomic E-state index is 0.0466. The first-order chi connectivity index (χ1) is 7.60. The van der Waals surface area contributed by atoms with Gasteiger partial charge < -0.3 is 5.32 Å². The molecule has 0 aliphatic heterocycles. The molecule has 0 amide bonds. The molecule has 0 spiro atoms. The second kappa shape index (κ2) is 6.59. The fourth-order valence-electron chi connectivity index (χ4n) is 1.71. The van der Waals surface area contributed by atoms with E-state index in [-0.39, 0.29) is 11.5 Å². The van der Waals surface area contributed by atoms with Gasteiger partial charge in [0.05, 0.1) is 6.54 Å². The minimum Gasteiger partial charge on any atom is -0.312 e. The molecule has 0 saturated heterocycles. The summed E-state index contributed by atoms with van der Waals surface area (Å²) in [6, 6.07) is 0.0646. The fraction of sp³-hybridized carbons (Fsp3) is 1.00. The average Bonchev–Trinajstić information content (AvgIpc) is 2.12. The molecule has 17 heavy (non-hydrogen) atoms. The molecule has 1 unspecified atom stereocenters. The van der Waals surface area contributed by atoms with Crippen LogP contribution < -0.4 is 5.32 Å². The molecule has 1 N–H and O–H groups in total. The van der Waals surface area contributed by atoms with Crippen molar-refractivity contribution in [1.82, 2.24) is 10.2 Å². The predicted octanol–water partition coefficient (Wildman–Crippen LogP) is 2.89. The number of likely N-dealkylation sites (N-methyl/N-ethyl adjacent to an activating group) is 2. The first-order valence-electron chi connectivity index (χ1n) is 6.12. The number of hydrogen-bond donors (Lipinski definition) is 1. The van der Waals surface area contributed by atoms with Crippen molar-refractivity contribution in [3.8, 4) is 0 Å². The maximum atomic E-state index is 12.4. The summed E-state index contributed by atoms with van der Waals surface area (Å²) in [7, 11) is 0. The molecule has 0 heterocycles. The molecule has 0 aliphatic carbocycles. The summed E-state index contributed by atoms with van der Waals surface area (Å²) in [5, 5.41) is 3.26. The van der Waals surface area contributed by atoms with Crippen LogP contribution in [0.5, 0.6) is 0 Å². The van der Waals surface area contributed by atoms with E-state index in [9.17, 15) is 13.2 Å². The van der Waals surface area contributed by atoms with E-state index in [2.05, 4.69) is 5.32 Å². The number of rotatable bonds is 6. The third-order valence-corrected chi connectivity index (χ3v) is 2.79. The summed E-state index contributed by atoms with van der Waals surface area (Å²) in [4.78, 5) is 1.44. The zero-order chi connectivity index (χ0) is 13.7. The number of nitrogens with one attached hydrogen (secondary N) is 1. The molecule has 0 aromatic rings. The second-order valence-electron chi connectivity index (χ2n) is 5.42. The molecule has 0 saturated carbocycles. The van der Waals surface area contributed by atoms with Gasteiger partial charge in [-0.3, -0.25) is 4.90 Å². The quantitative estimate of drug-likeness (QED) is 0.784. The van der Waals surface area contributed by atoms with Crippen LogP contribution in [-0.4, -0.2) is 43.3 Å². The van der Waals surface area contributed by atoms with Crippen molar-refractivity contribution in [3.63, 3.8) is 0 Å². The third-order valence-electron chi connectivity index (χ3n) is 2.79. The van der Waals surface area contributed by atoms with Crippen LogP contribution >= 0.6 is 0 Å². The van der Waals surface area contributed by atoms with Gasteiger partial charge in [0.2, 0.25) is 0 Å². The van der Waals surface area contributed by atoms with Crippen molar-refractivity contribution in [3.05, 3.63) is 0 Å². The maximum absolute atomic E-state index is 12.4. The van der Waals surface area contributed by atoms with Crippen LogP contribution in [0.1, 0.15) is 34.6 Å². The van der Waals surface area contributed by atoms with Crippen LogP contribution in [0.2, 0.25) is 0 Å². The highest BCUT2D eigenvalue weighted by Gasteiger charge is 2.33. The lowest BCUT2D eigenvalue weighted by atomic mass is 9.86. The van der Waals surface area contributed by atoms with Gasteiger partial charge in [0.25, 0.3) is 0 Å². The van der Waals surface area contributed by atoms with E-state index in [0.29, 0.717) is 13.1 Å². The Morgan fingerprint density at radius 3 is 1.94 bits per heavy atom. The lowest BCUT2D eigenvalue weighted by Crippen LogP contribution is -2.50. The third kappa shape index (κ3) is 7.60. The lowest BCUT2D eigenvalue weighted by Gasteiger charge is -2.35. The van der Waals surface area contributed by atoms with Gasteiger partial charge in [0, 0.05) is 12.6 Å². The monoisotopic (exact) mass is 254 g/mol. The van der Waals surface area contributed by atoms with Crippen molar-refractivity contribution in [2.24, 2.45) is 5.41 Å². The van der Waals surface area contributed by atoms with Gasteiger partial charge in [-0.2, -0.15) is 13.2 Å². The van der Waals surface area contributed by atoms with Crippen molar-refractivity contribution >= 4 is 0 Å². The van der Waals surface area contributed by atoms with Crippen molar-refractivity contribution in [2.45, 2.75) is 46.8 Å². The van der Waals surface area contributed by atoms with E-state index in [1.165, 1.54) is 4.90 Å². The lowest BCUT2D eigenvalue weighted by molar-refractivity contribution is -0.146. The van der Waals surface area contributed by atoms with Crippen LogP contribution in [0.4, 0.5) is 13.2 Å². The van der Waals surface area contributed by atoms with Gasteiger partial charge in [-0.1, -0.05) is 34.6 Å². The smallest absolute Gasteiger partial charge is 0.312 e. The molecule has 0 aromatic heterocycles. The van der Waals surface area contributed by atoms with Crippen molar-refractivity contribution < 1.29 is 13.2 Å². The Bertz CT molecular complexity index is 209. The molecule has 104 valence electrons. The van der Waals surface area contributed by atoms with Crippen LogP contribution in [0, 0.1) is 5.41 Å². The Hall–Kier alpha value is -0.290. The molecule has 2 nitrogen and oxygen atoms in total. The highest BCUT2D eigenvalue weighted by atomic mass is 19.4. The number of halogens is 3. The second-order valence-corrected chi connectivity index (χ2v) is 5.42. The largest absolute Gasteiger partial charge is 0.401 e. The SMILES string of the molecule is CCNC(CN(CC)CC(F)(F)F)C(C)(C)C. The molecule has 0 aromatic carbocycles. The molecule has 0 bridgehead atoms. The van der Waals surface area contributed by atoms with E-state index in [0.717, 1.165) is 6.54 Å². The highest BCUT2D eigenvalue weighted by molar-refractivity contribution is 4.83. The summed E-state index contributed by atoms with van der Waals surface area (Å²) in [5.41, 5.74) is -0.0466. The summed E-state index contributed by atoms with van der Waals surface area (Å²) in [5.74, 6) is 0. The highest BCUT2D eigenvalue weighted by Crippen LogP contribution is 2.22. The first kappa shape index (κ1) is 16.7. The molecular formula is C12H25F3N2. The zero-order valence-electron chi connectivity index (χ0n) is 11.5. The summed E-state index contributed by atoms with van der Waals surface area (Å²) in [6.45, 7) is 10.6. The van der Waals surface area contributed by atoms with E-state index in [1.807, 2.05) is 27.7 Å². The minimum atomic E-state index is -4.12.